The second-order valence-corrected chi connectivity index (χ2v) is 9.64. The summed E-state index contributed by atoms with van der Waals surface area (Å²) < 4.78 is 27.9. The fourth-order valence-electron chi connectivity index (χ4n) is 3.79. The lowest BCUT2D eigenvalue weighted by atomic mass is 10.0. The molecule has 1 unspecified atom stereocenters. The van der Waals surface area contributed by atoms with Crippen molar-refractivity contribution in [3.05, 3.63) is 39.9 Å². The monoisotopic (exact) mass is 473 g/mol. The number of hydrogen-bond acceptors (Lipinski definition) is 7. The van der Waals surface area contributed by atoms with Gasteiger partial charge in [-0.2, -0.15) is 8.42 Å². The zero-order chi connectivity index (χ0) is 24.0. The molecule has 0 radical (unpaired) electrons. The number of fused-ring (bicyclic) bond motifs is 1. The summed E-state index contributed by atoms with van der Waals surface area (Å²) >= 11 is 0. The van der Waals surface area contributed by atoms with Crippen molar-refractivity contribution in [1.29, 1.82) is 0 Å². The average Bonchev–Trinajstić information content (AvgIpc) is 2.73. The number of aryl methyl sites for hydroxylation is 1. The number of amides is 2. The van der Waals surface area contributed by atoms with Crippen molar-refractivity contribution in [2.24, 2.45) is 0 Å². The molecule has 3 rings (SSSR count). The number of carbonyl (C=O) groups excluding carboxylic acids is 2. The zero-order valence-corrected chi connectivity index (χ0v) is 19.5. The molecule has 0 saturated carbocycles. The summed E-state index contributed by atoms with van der Waals surface area (Å²) in [5.41, 5.74) is 0.717. The Balaban J connectivity index is 1.71. The Hall–Kier alpha value is -3.03. The van der Waals surface area contributed by atoms with Crippen molar-refractivity contribution in [2.75, 3.05) is 12.9 Å². The van der Waals surface area contributed by atoms with E-state index in [4.69, 9.17) is 4.18 Å². The van der Waals surface area contributed by atoms with Crippen LogP contribution in [-0.2, 0) is 23.9 Å². The molecular formula is C23H27N3O6S. The van der Waals surface area contributed by atoms with E-state index < -0.39 is 22.1 Å². The first kappa shape index (κ1) is 24.6. The van der Waals surface area contributed by atoms with E-state index in [9.17, 15) is 22.8 Å². The van der Waals surface area contributed by atoms with Crippen LogP contribution in [0.25, 0.3) is 10.9 Å². The first-order valence-electron chi connectivity index (χ1n) is 10.9. The van der Waals surface area contributed by atoms with Crippen molar-refractivity contribution in [1.82, 2.24) is 14.9 Å². The van der Waals surface area contributed by atoms with Gasteiger partial charge in [0.1, 0.15) is 11.9 Å². The SMILES string of the molecule is Cc1nc2cccc(C#CCCCCCCOS(C)(=O)=O)c2c(=O)n1C1CCC(=O)NC1=O. The van der Waals surface area contributed by atoms with Crippen LogP contribution in [0.15, 0.2) is 23.0 Å². The van der Waals surface area contributed by atoms with Gasteiger partial charge in [-0.1, -0.05) is 30.7 Å². The van der Waals surface area contributed by atoms with E-state index in [0.717, 1.165) is 25.5 Å². The van der Waals surface area contributed by atoms with Crippen molar-refractivity contribution in [3.63, 3.8) is 0 Å². The minimum Gasteiger partial charge on any atom is -0.295 e. The number of rotatable bonds is 8. The van der Waals surface area contributed by atoms with Gasteiger partial charge >= 0.3 is 0 Å². The summed E-state index contributed by atoms with van der Waals surface area (Å²) in [6.07, 6.45) is 5.31. The number of imide groups is 1. The molecule has 176 valence electrons. The Morgan fingerprint density at radius 3 is 2.67 bits per heavy atom. The molecular weight excluding hydrogens is 446 g/mol. The number of unbranched alkanes of at least 4 members (excludes halogenated alkanes) is 4. The molecule has 1 atom stereocenters. The molecule has 0 aliphatic carbocycles. The van der Waals surface area contributed by atoms with E-state index >= 15 is 0 Å². The Labute approximate surface area is 192 Å². The van der Waals surface area contributed by atoms with E-state index in [1.54, 1.807) is 25.1 Å². The van der Waals surface area contributed by atoms with Crippen molar-refractivity contribution < 1.29 is 22.2 Å². The molecule has 1 aromatic heterocycles. The third-order valence-corrected chi connectivity index (χ3v) is 5.94. The van der Waals surface area contributed by atoms with Crippen molar-refractivity contribution in [2.45, 2.75) is 57.9 Å². The Kier molecular flexibility index (Phi) is 8.00. The molecule has 1 aliphatic heterocycles. The highest BCUT2D eigenvalue weighted by Crippen LogP contribution is 2.21. The normalized spacial score (nSPS) is 16.4. The molecule has 2 amide bonds. The lowest BCUT2D eigenvalue weighted by Gasteiger charge is -2.24. The summed E-state index contributed by atoms with van der Waals surface area (Å²) in [5, 5.41) is 2.65. The fourth-order valence-corrected chi connectivity index (χ4v) is 4.21. The third-order valence-electron chi connectivity index (χ3n) is 5.34. The largest absolute Gasteiger partial charge is 0.295 e. The predicted molar refractivity (Wildman–Crippen MR) is 123 cm³/mol. The van der Waals surface area contributed by atoms with E-state index in [1.165, 1.54) is 4.57 Å². The summed E-state index contributed by atoms with van der Waals surface area (Å²) in [6, 6.07) is 4.50. The van der Waals surface area contributed by atoms with Gasteiger partial charge in [-0.3, -0.25) is 28.5 Å². The van der Waals surface area contributed by atoms with Gasteiger partial charge in [0.25, 0.3) is 15.7 Å². The van der Waals surface area contributed by atoms with Crippen LogP contribution in [0.4, 0.5) is 0 Å². The molecule has 1 N–H and O–H groups in total. The molecule has 2 aromatic rings. The fraction of sp³-hybridized carbons (Fsp3) is 0.478. The van der Waals surface area contributed by atoms with Crippen LogP contribution >= 0.6 is 0 Å². The lowest BCUT2D eigenvalue weighted by molar-refractivity contribution is -0.135. The van der Waals surface area contributed by atoms with Gasteiger partial charge in [-0.25, -0.2) is 4.98 Å². The maximum Gasteiger partial charge on any atom is 0.264 e. The summed E-state index contributed by atoms with van der Waals surface area (Å²) in [5.74, 6) is 5.71. The smallest absolute Gasteiger partial charge is 0.264 e. The van der Waals surface area contributed by atoms with E-state index in [-0.39, 0.29) is 30.9 Å². The second-order valence-electron chi connectivity index (χ2n) is 7.99. The first-order chi connectivity index (χ1) is 15.7. The highest BCUT2D eigenvalue weighted by molar-refractivity contribution is 7.85. The topological polar surface area (TPSA) is 124 Å². The molecule has 1 saturated heterocycles. The standard InChI is InChI=1S/C23H27N3O6S/c1-16-24-18-12-9-11-17(10-7-5-3-4-6-8-15-32-33(2,30)31)21(18)23(29)26(16)19-13-14-20(27)25-22(19)28/h9,11-12,19H,3-6,8,13-15H2,1-2H3,(H,25,27,28). The molecule has 10 heteroatoms. The van der Waals surface area contributed by atoms with Gasteiger partial charge in [0, 0.05) is 18.4 Å². The Bertz CT molecular complexity index is 1290. The minimum absolute atomic E-state index is 0.169. The molecule has 0 bridgehead atoms. The number of carbonyl (C=O) groups is 2. The summed E-state index contributed by atoms with van der Waals surface area (Å²) in [4.78, 5) is 41.7. The van der Waals surface area contributed by atoms with Crippen LogP contribution in [0.1, 0.15) is 62.4 Å². The van der Waals surface area contributed by atoms with E-state index in [0.29, 0.717) is 35.1 Å². The molecule has 1 fully saturated rings. The number of benzene rings is 1. The third kappa shape index (κ3) is 6.49. The van der Waals surface area contributed by atoms with Crippen LogP contribution in [0.3, 0.4) is 0 Å². The van der Waals surface area contributed by atoms with Gasteiger partial charge in [0.05, 0.1) is 23.8 Å². The molecule has 1 aliphatic rings. The Morgan fingerprint density at radius 2 is 1.94 bits per heavy atom. The van der Waals surface area contributed by atoms with Gasteiger partial charge in [-0.15, -0.1) is 0 Å². The van der Waals surface area contributed by atoms with Crippen LogP contribution in [0.5, 0.6) is 0 Å². The number of nitrogens with zero attached hydrogens (tertiary/aromatic N) is 2. The molecule has 2 heterocycles. The molecule has 33 heavy (non-hydrogen) atoms. The Morgan fingerprint density at radius 1 is 1.18 bits per heavy atom. The van der Waals surface area contributed by atoms with Crippen LogP contribution in [0.2, 0.25) is 0 Å². The van der Waals surface area contributed by atoms with E-state index in [2.05, 4.69) is 22.1 Å². The molecule has 9 nitrogen and oxygen atoms in total. The predicted octanol–water partition coefficient (Wildman–Crippen LogP) is 1.96. The average molecular weight is 474 g/mol. The quantitative estimate of drug-likeness (QED) is 0.269. The second kappa shape index (κ2) is 10.7. The molecule has 0 spiro atoms. The van der Waals surface area contributed by atoms with Crippen LogP contribution in [-0.4, -0.2) is 42.6 Å². The number of hydrogen-bond donors (Lipinski definition) is 1. The maximum absolute atomic E-state index is 13.3. The highest BCUT2D eigenvalue weighted by atomic mass is 32.2. The van der Waals surface area contributed by atoms with Crippen LogP contribution in [0, 0.1) is 18.8 Å². The first-order valence-corrected chi connectivity index (χ1v) is 12.7. The lowest BCUT2D eigenvalue weighted by Crippen LogP contribution is -2.45. The summed E-state index contributed by atoms with van der Waals surface area (Å²) in [7, 11) is -3.39. The minimum atomic E-state index is -3.39. The maximum atomic E-state index is 13.3. The van der Waals surface area contributed by atoms with Gasteiger partial charge < -0.3 is 0 Å². The highest BCUT2D eigenvalue weighted by Gasteiger charge is 2.30. The number of nitrogens with one attached hydrogen (secondary N) is 1. The van der Waals surface area contributed by atoms with Crippen LogP contribution < -0.4 is 10.9 Å². The van der Waals surface area contributed by atoms with Crippen molar-refractivity contribution >= 4 is 32.8 Å². The number of piperidine rings is 1. The van der Waals surface area contributed by atoms with Crippen molar-refractivity contribution in [3.8, 4) is 11.8 Å². The van der Waals surface area contributed by atoms with Gasteiger partial charge in [0.2, 0.25) is 11.8 Å². The molecule has 1 aromatic carbocycles. The van der Waals surface area contributed by atoms with E-state index in [1.807, 2.05) is 0 Å². The van der Waals surface area contributed by atoms with Gasteiger partial charge in [0.15, 0.2) is 0 Å². The summed E-state index contributed by atoms with van der Waals surface area (Å²) in [6.45, 7) is 1.86. The zero-order valence-electron chi connectivity index (χ0n) is 18.7. The van der Waals surface area contributed by atoms with Gasteiger partial charge in [-0.05, 0) is 38.3 Å². The number of aromatic nitrogens is 2.